The number of rotatable bonds is 7. The molecule has 1 N–H and O–H groups in total. The first-order chi connectivity index (χ1) is 14.6. The third-order valence-electron chi connectivity index (χ3n) is 5.48. The molecule has 0 radical (unpaired) electrons. The predicted molar refractivity (Wildman–Crippen MR) is 115 cm³/mol. The minimum Gasteiger partial charge on any atom is -0.368 e. The van der Waals surface area contributed by atoms with Crippen LogP contribution in [0.15, 0.2) is 72.8 Å². The van der Waals surface area contributed by atoms with Gasteiger partial charge in [0.1, 0.15) is 18.8 Å². The molecule has 3 atom stereocenters. The Hall–Kier alpha value is -3.02. The van der Waals surface area contributed by atoms with Crippen molar-refractivity contribution in [1.82, 2.24) is 5.32 Å². The summed E-state index contributed by atoms with van der Waals surface area (Å²) in [5.41, 5.74) is 2.02. The van der Waals surface area contributed by atoms with Gasteiger partial charge >= 0.3 is 0 Å². The van der Waals surface area contributed by atoms with Gasteiger partial charge in [0, 0.05) is 6.42 Å². The monoisotopic (exact) mass is 403 g/mol. The average Bonchev–Trinajstić information content (AvgIpc) is 3.09. The lowest BCUT2D eigenvalue weighted by molar-refractivity contribution is -0.136. The second-order valence-corrected chi connectivity index (χ2v) is 7.60. The molecule has 5 heteroatoms. The lowest BCUT2D eigenvalue weighted by atomic mass is 10.0. The lowest BCUT2D eigenvalue weighted by Gasteiger charge is -2.22. The maximum Gasteiger partial charge on any atom is 0.250 e. The Labute approximate surface area is 176 Å². The molecule has 3 aromatic carbocycles. The zero-order valence-electron chi connectivity index (χ0n) is 16.9. The van der Waals surface area contributed by atoms with Gasteiger partial charge in [0.2, 0.25) is 5.91 Å². The summed E-state index contributed by atoms with van der Waals surface area (Å²) >= 11 is 0. The molecule has 0 unspecified atom stereocenters. The first kappa shape index (κ1) is 20.3. The SMILES string of the molecule is C[C@H]1OCC(=O)[C@H]1NC(=O)[C@H](Cc1ccccc1)OCc1cccc2ccccc12. The third kappa shape index (κ3) is 4.58. The van der Waals surface area contributed by atoms with Crippen LogP contribution in [-0.2, 0) is 32.1 Å². The molecular formula is C25H25NO4. The summed E-state index contributed by atoms with van der Waals surface area (Å²) in [5.74, 6) is -0.404. The molecule has 1 fully saturated rings. The summed E-state index contributed by atoms with van der Waals surface area (Å²) in [6.07, 6.45) is -0.628. The van der Waals surface area contributed by atoms with E-state index in [4.69, 9.17) is 9.47 Å². The number of hydrogen-bond donors (Lipinski definition) is 1. The molecule has 1 amide bonds. The highest BCUT2D eigenvalue weighted by molar-refractivity contribution is 5.93. The van der Waals surface area contributed by atoms with Gasteiger partial charge in [-0.05, 0) is 28.8 Å². The van der Waals surface area contributed by atoms with Crippen molar-refractivity contribution >= 4 is 22.5 Å². The normalized spacial score (nSPS) is 19.7. The predicted octanol–water partition coefficient (Wildman–Crippen LogP) is 3.44. The highest BCUT2D eigenvalue weighted by Gasteiger charge is 2.35. The standard InChI is InChI=1S/C25H25NO4/c1-17-24(22(27)16-29-17)26-25(28)23(14-18-8-3-2-4-9-18)30-15-20-12-7-11-19-10-5-6-13-21(19)20/h2-13,17,23-24H,14-16H2,1H3,(H,26,28)/t17-,23+,24+/m1/s1. The molecule has 0 saturated carbocycles. The number of carbonyl (C=O) groups is 2. The second-order valence-electron chi connectivity index (χ2n) is 7.60. The quantitative estimate of drug-likeness (QED) is 0.656. The van der Waals surface area contributed by atoms with E-state index in [0.717, 1.165) is 21.9 Å². The summed E-state index contributed by atoms with van der Waals surface area (Å²) in [6, 6.07) is 23.3. The highest BCUT2D eigenvalue weighted by atomic mass is 16.5. The second kappa shape index (κ2) is 9.20. The van der Waals surface area contributed by atoms with Crippen LogP contribution >= 0.6 is 0 Å². The maximum absolute atomic E-state index is 13.0. The van der Waals surface area contributed by atoms with Gasteiger partial charge in [0.15, 0.2) is 5.78 Å². The fourth-order valence-corrected chi connectivity index (χ4v) is 3.77. The van der Waals surface area contributed by atoms with Crippen LogP contribution in [0.25, 0.3) is 10.8 Å². The summed E-state index contributed by atoms with van der Waals surface area (Å²) in [7, 11) is 0. The van der Waals surface area contributed by atoms with Gasteiger partial charge in [-0.3, -0.25) is 9.59 Å². The fraction of sp³-hybridized carbons (Fsp3) is 0.280. The van der Waals surface area contributed by atoms with Crippen molar-refractivity contribution in [2.24, 2.45) is 0 Å². The topological polar surface area (TPSA) is 64.6 Å². The number of carbonyl (C=O) groups excluding carboxylic acids is 2. The van der Waals surface area contributed by atoms with E-state index in [1.54, 1.807) is 6.92 Å². The van der Waals surface area contributed by atoms with Gasteiger partial charge in [-0.25, -0.2) is 0 Å². The van der Waals surface area contributed by atoms with E-state index in [1.165, 1.54) is 0 Å². The van der Waals surface area contributed by atoms with Gasteiger partial charge in [0.05, 0.1) is 12.7 Å². The van der Waals surface area contributed by atoms with Gasteiger partial charge in [-0.2, -0.15) is 0 Å². The van der Waals surface area contributed by atoms with Crippen LogP contribution in [0.4, 0.5) is 0 Å². The summed E-state index contributed by atoms with van der Waals surface area (Å²) < 4.78 is 11.5. The van der Waals surface area contributed by atoms with Crippen LogP contribution in [0, 0.1) is 0 Å². The number of nitrogens with one attached hydrogen (secondary N) is 1. The van der Waals surface area contributed by atoms with E-state index in [1.807, 2.05) is 54.6 Å². The number of ketones is 1. The van der Waals surface area contributed by atoms with E-state index < -0.39 is 12.1 Å². The number of benzene rings is 3. The molecular weight excluding hydrogens is 378 g/mol. The molecule has 3 aromatic rings. The Kier molecular flexibility index (Phi) is 6.21. The Morgan fingerprint density at radius 3 is 2.57 bits per heavy atom. The lowest BCUT2D eigenvalue weighted by Crippen LogP contribution is -2.49. The molecule has 0 aliphatic carbocycles. The Morgan fingerprint density at radius 2 is 1.80 bits per heavy atom. The fourth-order valence-electron chi connectivity index (χ4n) is 3.77. The minimum absolute atomic E-state index is 0.0341. The number of Topliss-reactive ketones (excluding diaryl/α,β-unsaturated/α-hetero) is 1. The van der Waals surface area contributed by atoms with Crippen LogP contribution in [0.5, 0.6) is 0 Å². The molecule has 1 saturated heterocycles. The first-order valence-electron chi connectivity index (χ1n) is 10.2. The smallest absolute Gasteiger partial charge is 0.250 e. The maximum atomic E-state index is 13.0. The molecule has 1 heterocycles. The van der Waals surface area contributed by atoms with Gasteiger partial charge in [0.25, 0.3) is 0 Å². The van der Waals surface area contributed by atoms with Crippen LogP contribution in [0.2, 0.25) is 0 Å². The average molecular weight is 403 g/mol. The zero-order chi connectivity index (χ0) is 20.9. The van der Waals surface area contributed by atoms with Crippen molar-refractivity contribution in [1.29, 1.82) is 0 Å². The van der Waals surface area contributed by atoms with Crippen LogP contribution in [-0.4, -0.2) is 36.5 Å². The van der Waals surface area contributed by atoms with Crippen molar-refractivity contribution in [3.8, 4) is 0 Å². The number of fused-ring (bicyclic) bond motifs is 1. The van der Waals surface area contributed by atoms with Crippen molar-refractivity contribution in [2.45, 2.75) is 38.2 Å². The van der Waals surface area contributed by atoms with Crippen molar-refractivity contribution < 1.29 is 19.1 Å². The molecule has 4 rings (SSSR count). The number of hydrogen-bond acceptors (Lipinski definition) is 4. The largest absolute Gasteiger partial charge is 0.368 e. The Balaban J connectivity index is 1.52. The van der Waals surface area contributed by atoms with E-state index >= 15 is 0 Å². The van der Waals surface area contributed by atoms with Crippen molar-refractivity contribution in [3.05, 3.63) is 83.9 Å². The van der Waals surface area contributed by atoms with Crippen LogP contribution in [0.3, 0.4) is 0 Å². The Morgan fingerprint density at radius 1 is 1.07 bits per heavy atom. The summed E-state index contributed by atoms with van der Waals surface area (Å²) in [4.78, 5) is 25.1. The van der Waals surface area contributed by atoms with E-state index in [0.29, 0.717) is 13.0 Å². The van der Waals surface area contributed by atoms with E-state index in [9.17, 15) is 9.59 Å². The molecule has 1 aliphatic heterocycles. The van der Waals surface area contributed by atoms with Crippen molar-refractivity contribution in [3.63, 3.8) is 0 Å². The van der Waals surface area contributed by atoms with Gasteiger partial charge in [-0.15, -0.1) is 0 Å². The van der Waals surface area contributed by atoms with E-state index in [2.05, 4.69) is 23.5 Å². The minimum atomic E-state index is -0.716. The molecule has 0 spiro atoms. The van der Waals surface area contributed by atoms with Crippen LogP contribution < -0.4 is 5.32 Å². The summed E-state index contributed by atoms with van der Waals surface area (Å²) in [6.45, 7) is 2.13. The first-order valence-corrected chi connectivity index (χ1v) is 10.2. The molecule has 154 valence electrons. The van der Waals surface area contributed by atoms with Gasteiger partial charge < -0.3 is 14.8 Å². The zero-order valence-corrected chi connectivity index (χ0v) is 16.9. The molecule has 30 heavy (non-hydrogen) atoms. The number of ether oxygens (including phenoxy) is 2. The third-order valence-corrected chi connectivity index (χ3v) is 5.48. The number of amides is 1. The summed E-state index contributed by atoms with van der Waals surface area (Å²) in [5, 5.41) is 5.07. The molecule has 0 aromatic heterocycles. The molecule has 5 nitrogen and oxygen atoms in total. The molecule has 0 bridgehead atoms. The van der Waals surface area contributed by atoms with Gasteiger partial charge in [-0.1, -0.05) is 72.8 Å². The Bertz CT molecular complexity index is 1030. The van der Waals surface area contributed by atoms with E-state index in [-0.39, 0.29) is 24.4 Å². The van der Waals surface area contributed by atoms with Crippen molar-refractivity contribution in [2.75, 3.05) is 6.61 Å². The molecule has 1 aliphatic rings. The highest BCUT2D eigenvalue weighted by Crippen LogP contribution is 2.20. The van der Waals surface area contributed by atoms with Crippen LogP contribution in [0.1, 0.15) is 18.1 Å².